The maximum atomic E-state index is 5.67. The van der Waals surface area contributed by atoms with Crippen LogP contribution in [-0.4, -0.2) is 21.6 Å². The molecule has 0 atom stereocenters. The van der Waals surface area contributed by atoms with Crippen LogP contribution in [0.5, 0.6) is 5.75 Å². The molecule has 0 saturated heterocycles. The van der Waals surface area contributed by atoms with Crippen molar-refractivity contribution >= 4 is 28.2 Å². The van der Waals surface area contributed by atoms with E-state index in [0.717, 1.165) is 35.6 Å². The van der Waals surface area contributed by atoms with Crippen LogP contribution in [0.3, 0.4) is 0 Å². The molecule has 4 nitrogen and oxygen atoms in total. The number of aromatic nitrogens is 2. The van der Waals surface area contributed by atoms with Crippen LogP contribution in [-0.2, 0) is 13.0 Å². The first kappa shape index (κ1) is 15.5. The van der Waals surface area contributed by atoms with Crippen LogP contribution in [0.4, 0.5) is 0 Å². The van der Waals surface area contributed by atoms with E-state index >= 15 is 0 Å². The molecule has 1 heterocycles. The first-order chi connectivity index (χ1) is 11.2. The second-order valence-corrected chi connectivity index (χ2v) is 5.93. The summed E-state index contributed by atoms with van der Waals surface area (Å²) in [5.74, 6) is 1.88. The molecule has 0 unspecified atom stereocenters. The molecule has 0 aliphatic carbocycles. The molecule has 118 valence electrons. The van der Waals surface area contributed by atoms with E-state index in [1.54, 1.807) is 7.11 Å². The summed E-state index contributed by atoms with van der Waals surface area (Å²) in [6.45, 7) is 0.751. The number of hydrogen-bond acceptors (Lipinski definition) is 3. The molecule has 0 amide bonds. The Morgan fingerprint density at radius 2 is 1.91 bits per heavy atom. The molecule has 0 radical (unpaired) electrons. The number of nitrogens with zero attached hydrogens (tertiary/aromatic N) is 2. The van der Waals surface area contributed by atoms with Crippen LogP contribution in [0.25, 0.3) is 11.0 Å². The topological polar surface area (TPSA) is 53.1 Å². The first-order valence-corrected chi connectivity index (χ1v) is 7.93. The summed E-state index contributed by atoms with van der Waals surface area (Å²) in [4.78, 5) is 5.30. The minimum atomic E-state index is 0.526. The lowest BCUT2D eigenvalue weighted by Gasteiger charge is -2.09. The maximum Gasteiger partial charge on any atom is 0.118 e. The molecule has 0 fully saturated rings. The first-order valence-electron chi connectivity index (χ1n) is 7.53. The number of para-hydroxylation sites is 2. The van der Waals surface area contributed by atoms with Crippen molar-refractivity contribution in [1.29, 1.82) is 0 Å². The van der Waals surface area contributed by atoms with E-state index in [1.165, 1.54) is 5.56 Å². The molecule has 2 aromatic carbocycles. The summed E-state index contributed by atoms with van der Waals surface area (Å²) in [6, 6.07) is 16.2. The number of methoxy groups -OCH3 is 1. The van der Waals surface area contributed by atoms with E-state index in [0.29, 0.717) is 11.4 Å². The van der Waals surface area contributed by atoms with Gasteiger partial charge < -0.3 is 15.0 Å². The van der Waals surface area contributed by atoms with Crippen molar-refractivity contribution < 1.29 is 4.74 Å². The van der Waals surface area contributed by atoms with Gasteiger partial charge >= 0.3 is 0 Å². The second kappa shape index (κ2) is 6.79. The van der Waals surface area contributed by atoms with Gasteiger partial charge in [0.25, 0.3) is 0 Å². The van der Waals surface area contributed by atoms with Crippen molar-refractivity contribution in [2.75, 3.05) is 7.11 Å². The zero-order chi connectivity index (χ0) is 16.2. The lowest BCUT2D eigenvalue weighted by atomic mass is 10.1. The molecule has 3 rings (SSSR count). The molecule has 3 aromatic rings. The number of aryl methyl sites for hydroxylation is 1. The second-order valence-electron chi connectivity index (χ2n) is 5.41. The van der Waals surface area contributed by atoms with Crippen molar-refractivity contribution in [3.8, 4) is 5.75 Å². The van der Waals surface area contributed by atoms with Gasteiger partial charge in [-0.1, -0.05) is 36.5 Å². The Morgan fingerprint density at radius 1 is 1.17 bits per heavy atom. The molecule has 23 heavy (non-hydrogen) atoms. The number of fused-ring (bicyclic) bond motifs is 1. The van der Waals surface area contributed by atoms with Gasteiger partial charge in [0, 0.05) is 19.4 Å². The highest BCUT2D eigenvalue weighted by Crippen LogP contribution is 2.20. The van der Waals surface area contributed by atoms with Crippen LogP contribution >= 0.6 is 12.2 Å². The number of rotatable bonds is 6. The summed E-state index contributed by atoms with van der Waals surface area (Å²) >= 11 is 5.02. The minimum Gasteiger partial charge on any atom is -0.497 e. The highest BCUT2D eigenvalue weighted by molar-refractivity contribution is 7.80. The number of thiocarbonyl (C=S) groups is 1. The average Bonchev–Trinajstić information content (AvgIpc) is 2.90. The molecule has 0 spiro atoms. The quantitative estimate of drug-likeness (QED) is 0.707. The van der Waals surface area contributed by atoms with Crippen molar-refractivity contribution in [1.82, 2.24) is 9.55 Å². The van der Waals surface area contributed by atoms with Gasteiger partial charge in [0.1, 0.15) is 11.6 Å². The number of nitrogens with two attached hydrogens (primary N) is 1. The standard InChI is InChI=1S/C18H19N3OS/c1-22-14-8-6-13(7-9-14)12-18-20-15-4-2-3-5-16(15)21(18)11-10-17(19)23/h2-9H,10-12H2,1H3,(H2,19,23). The fourth-order valence-electron chi connectivity index (χ4n) is 2.66. The van der Waals surface area contributed by atoms with Gasteiger partial charge in [-0.25, -0.2) is 4.98 Å². The van der Waals surface area contributed by atoms with Crippen molar-refractivity contribution in [3.63, 3.8) is 0 Å². The van der Waals surface area contributed by atoms with E-state index < -0.39 is 0 Å². The summed E-state index contributed by atoms with van der Waals surface area (Å²) in [5, 5.41) is 0. The van der Waals surface area contributed by atoms with Crippen LogP contribution in [0.1, 0.15) is 17.8 Å². The van der Waals surface area contributed by atoms with Gasteiger partial charge in [0.15, 0.2) is 0 Å². The predicted molar refractivity (Wildman–Crippen MR) is 96.9 cm³/mol. The van der Waals surface area contributed by atoms with Crippen molar-refractivity contribution in [2.45, 2.75) is 19.4 Å². The lowest BCUT2D eigenvalue weighted by molar-refractivity contribution is 0.414. The Kier molecular flexibility index (Phi) is 4.57. The van der Waals surface area contributed by atoms with E-state index in [4.69, 9.17) is 27.7 Å². The SMILES string of the molecule is COc1ccc(Cc2nc3ccccc3n2CCC(N)=S)cc1. The molecule has 1 aromatic heterocycles. The molecule has 0 bridgehead atoms. The molecule has 0 aliphatic rings. The number of benzene rings is 2. The van der Waals surface area contributed by atoms with Gasteiger partial charge in [-0.05, 0) is 29.8 Å². The lowest BCUT2D eigenvalue weighted by Crippen LogP contribution is -2.13. The van der Waals surface area contributed by atoms with E-state index in [-0.39, 0.29) is 0 Å². The molecule has 0 saturated carbocycles. The Labute approximate surface area is 140 Å². The Bertz CT molecular complexity index is 824. The highest BCUT2D eigenvalue weighted by Gasteiger charge is 2.11. The normalized spacial score (nSPS) is 10.8. The van der Waals surface area contributed by atoms with Crippen molar-refractivity contribution in [2.24, 2.45) is 5.73 Å². The van der Waals surface area contributed by atoms with Crippen LogP contribution in [0, 0.1) is 0 Å². The fraction of sp³-hybridized carbons (Fsp3) is 0.222. The zero-order valence-electron chi connectivity index (χ0n) is 13.0. The average molecular weight is 325 g/mol. The predicted octanol–water partition coefficient (Wildman–Crippen LogP) is 3.31. The van der Waals surface area contributed by atoms with Gasteiger partial charge in [0.05, 0.1) is 23.1 Å². The molecular weight excluding hydrogens is 306 g/mol. The van der Waals surface area contributed by atoms with Gasteiger partial charge in [-0.15, -0.1) is 0 Å². The van der Waals surface area contributed by atoms with Crippen molar-refractivity contribution in [3.05, 3.63) is 59.9 Å². The fourth-order valence-corrected chi connectivity index (χ4v) is 2.75. The third-order valence-electron chi connectivity index (χ3n) is 3.84. The van der Waals surface area contributed by atoms with E-state index in [2.05, 4.69) is 22.8 Å². The maximum absolute atomic E-state index is 5.67. The monoisotopic (exact) mass is 325 g/mol. The molecule has 0 aliphatic heterocycles. The summed E-state index contributed by atoms with van der Waals surface area (Å²) < 4.78 is 7.41. The zero-order valence-corrected chi connectivity index (χ0v) is 13.8. The van der Waals surface area contributed by atoms with Crippen LogP contribution < -0.4 is 10.5 Å². The molecular formula is C18H19N3OS. The van der Waals surface area contributed by atoms with Crippen LogP contribution in [0.2, 0.25) is 0 Å². The van der Waals surface area contributed by atoms with Gasteiger partial charge in [-0.2, -0.15) is 0 Å². The third kappa shape index (κ3) is 3.51. The summed E-state index contributed by atoms with van der Waals surface area (Å²) in [5.41, 5.74) is 8.98. The molecule has 5 heteroatoms. The Morgan fingerprint density at radius 3 is 2.61 bits per heavy atom. The number of ether oxygens (including phenoxy) is 1. The van der Waals surface area contributed by atoms with E-state index in [1.807, 2.05) is 30.3 Å². The number of hydrogen-bond donors (Lipinski definition) is 1. The van der Waals surface area contributed by atoms with Crippen LogP contribution in [0.15, 0.2) is 48.5 Å². The summed E-state index contributed by atoms with van der Waals surface area (Å²) in [6.07, 6.45) is 1.43. The van der Waals surface area contributed by atoms with E-state index in [9.17, 15) is 0 Å². The third-order valence-corrected chi connectivity index (χ3v) is 4.04. The van der Waals surface area contributed by atoms with Gasteiger partial charge in [0.2, 0.25) is 0 Å². The smallest absolute Gasteiger partial charge is 0.118 e. The Hall–Kier alpha value is -2.40. The number of imidazole rings is 1. The highest BCUT2D eigenvalue weighted by atomic mass is 32.1. The molecule has 2 N–H and O–H groups in total. The summed E-state index contributed by atoms with van der Waals surface area (Å²) in [7, 11) is 1.67. The van der Waals surface area contributed by atoms with Gasteiger partial charge in [-0.3, -0.25) is 0 Å². The Balaban J connectivity index is 1.94. The largest absolute Gasteiger partial charge is 0.497 e. The minimum absolute atomic E-state index is 0.526.